The van der Waals surface area contributed by atoms with Crippen molar-refractivity contribution in [1.82, 2.24) is 0 Å². The van der Waals surface area contributed by atoms with Gasteiger partial charge in [0.05, 0.1) is 11.2 Å². The van der Waals surface area contributed by atoms with Crippen molar-refractivity contribution in [3.05, 3.63) is 0 Å². The maximum Gasteiger partial charge on any atom is 0.319 e. The van der Waals surface area contributed by atoms with Crippen LogP contribution >= 0.6 is 22.6 Å². The van der Waals surface area contributed by atoms with Crippen molar-refractivity contribution >= 4 is 28.6 Å². The fourth-order valence-electron chi connectivity index (χ4n) is 4.66. The van der Waals surface area contributed by atoms with Gasteiger partial charge in [0.15, 0.2) is 0 Å². The number of ether oxygens (including phenoxy) is 1. The van der Waals surface area contributed by atoms with Crippen LogP contribution in [0, 0.1) is 5.41 Å². The van der Waals surface area contributed by atoms with Crippen LogP contribution in [0.3, 0.4) is 0 Å². The number of carbonyl (C=O) groups excluding carboxylic acids is 1. The van der Waals surface area contributed by atoms with Gasteiger partial charge in [0.1, 0.15) is 9.53 Å². The number of alkyl halides is 1. The van der Waals surface area contributed by atoms with Crippen molar-refractivity contribution in [2.45, 2.75) is 73.1 Å². The lowest BCUT2D eigenvalue weighted by molar-refractivity contribution is -0.173. The first-order valence-corrected chi connectivity index (χ1v) is 8.21. The van der Waals surface area contributed by atoms with E-state index >= 15 is 0 Å². The molecule has 108 valence electrons. The summed E-state index contributed by atoms with van der Waals surface area (Å²) in [6, 6.07) is 0. The summed E-state index contributed by atoms with van der Waals surface area (Å²) in [7, 11) is 0. The molecule has 5 unspecified atom stereocenters. The first-order valence-electron chi connectivity index (χ1n) is 6.97. The number of hydrogen-bond acceptors (Lipinski definition) is 4. The number of esters is 1. The molecule has 3 saturated carbocycles. The van der Waals surface area contributed by atoms with Gasteiger partial charge in [0, 0.05) is 18.3 Å². The minimum absolute atomic E-state index is 0.152. The number of hydrogen-bond donors (Lipinski definition) is 2. The normalized spacial score (nSPS) is 52.5. The van der Waals surface area contributed by atoms with Gasteiger partial charge in [-0.15, -0.1) is 0 Å². The zero-order valence-corrected chi connectivity index (χ0v) is 13.6. The molecule has 2 bridgehead atoms. The summed E-state index contributed by atoms with van der Waals surface area (Å²) < 4.78 is 5.60. The molecule has 0 heterocycles. The van der Waals surface area contributed by atoms with Crippen LogP contribution in [-0.4, -0.2) is 36.9 Å². The van der Waals surface area contributed by atoms with Crippen molar-refractivity contribution in [1.29, 1.82) is 0 Å². The maximum atomic E-state index is 12.1. The van der Waals surface area contributed by atoms with Crippen LogP contribution in [0.1, 0.15) is 52.4 Å². The first-order chi connectivity index (χ1) is 8.65. The van der Waals surface area contributed by atoms with Crippen LogP contribution in [0.4, 0.5) is 0 Å². The van der Waals surface area contributed by atoms with E-state index in [4.69, 9.17) is 4.74 Å². The average molecular weight is 380 g/mol. The van der Waals surface area contributed by atoms with Crippen molar-refractivity contribution in [2.75, 3.05) is 0 Å². The molecule has 3 aliphatic carbocycles. The highest BCUT2D eigenvalue weighted by Crippen LogP contribution is 2.76. The van der Waals surface area contributed by atoms with Crippen molar-refractivity contribution in [3.63, 3.8) is 0 Å². The second-order valence-corrected chi connectivity index (χ2v) is 8.68. The van der Waals surface area contributed by atoms with Gasteiger partial charge < -0.3 is 14.9 Å². The molecule has 3 fully saturated rings. The minimum Gasteiger partial charge on any atom is -0.458 e. The Labute approximate surface area is 127 Å². The molecule has 3 aliphatic rings. The fraction of sp³-hybridized carbons (Fsp3) is 0.929. The Kier molecular flexibility index (Phi) is 2.86. The highest BCUT2D eigenvalue weighted by Gasteiger charge is 2.80. The summed E-state index contributed by atoms with van der Waals surface area (Å²) in [5.74, 6) is -0.208. The number of fused-ring (bicyclic) bond motifs is 1. The van der Waals surface area contributed by atoms with Gasteiger partial charge in [-0.05, 0) is 32.6 Å². The van der Waals surface area contributed by atoms with Gasteiger partial charge in [-0.25, -0.2) is 0 Å². The second-order valence-electron chi connectivity index (χ2n) is 7.17. The van der Waals surface area contributed by atoms with Crippen LogP contribution in [0.25, 0.3) is 0 Å². The summed E-state index contributed by atoms with van der Waals surface area (Å²) in [5, 5.41) is 21.0. The molecule has 0 aromatic rings. The smallest absolute Gasteiger partial charge is 0.319 e. The molecule has 4 nitrogen and oxygen atoms in total. The molecule has 5 heteroatoms. The highest BCUT2D eigenvalue weighted by molar-refractivity contribution is 14.1. The van der Waals surface area contributed by atoms with Crippen molar-refractivity contribution in [2.24, 2.45) is 5.41 Å². The van der Waals surface area contributed by atoms with E-state index in [0.29, 0.717) is 25.7 Å². The van der Waals surface area contributed by atoms with E-state index in [2.05, 4.69) is 22.6 Å². The van der Waals surface area contributed by atoms with Crippen molar-refractivity contribution < 1.29 is 19.7 Å². The predicted molar refractivity (Wildman–Crippen MR) is 78.0 cm³/mol. The number of carbonyl (C=O) groups is 1. The van der Waals surface area contributed by atoms with E-state index in [9.17, 15) is 15.0 Å². The molecule has 0 aromatic heterocycles. The molecule has 0 amide bonds. The molecule has 1 spiro atoms. The molecule has 19 heavy (non-hydrogen) atoms. The number of halogens is 1. The predicted octanol–water partition coefficient (Wildman–Crippen LogP) is 1.94. The quantitative estimate of drug-likeness (QED) is 0.446. The fourth-order valence-corrected chi connectivity index (χ4v) is 4.78. The molecule has 3 rings (SSSR count). The van der Waals surface area contributed by atoms with Crippen molar-refractivity contribution in [3.8, 4) is 0 Å². The Bertz CT molecular complexity index is 428. The van der Waals surface area contributed by atoms with Crippen LogP contribution in [0.2, 0.25) is 0 Å². The third kappa shape index (κ3) is 2.03. The van der Waals surface area contributed by atoms with E-state index in [-0.39, 0.29) is 15.3 Å². The SMILES string of the molecule is CCC(I)C(=O)OC12CC(C)(O)CC3(C1)CC3(O)C2. The lowest BCUT2D eigenvalue weighted by Gasteiger charge is -2.43. The molecule has 5 atom stereocenters. The topological polar surface area (TPSA) is 66.8 Å². The monoisotopic (exact) mass is 380 g/mol. The Morgan fingerprint density at radius 3 is 2.58 bits per heavy atom. The number of rotatable bonds is 3. The third-order valence-electron chi connectivity index (χ3n) is 5.12. The van der Waals surface area contributed by atoms with Crippen LogP contribution in [-0.2, 0) is 9.53 Å². The number of aliphatic hydroxyl groups is 2. The van der Waals surface area contributed by atoms with E-state index in [1.807, 2.05) is 6.92 Å². The van der Waals surface area contributed by atoms with Gasteiger partial charge in [-0.1, -0.05) is 29.5 Å². The van der Waals surface area contributed by atoms with Gasteiger partial charge in [-0.3, -0.25) is 4.79 Å². The molecule has 0 radical (unpaired) electrons. The van der Waals surface area contributed by atoms with Gasteiger partial charge in [-0.2, -0.15) is 0 Å². The molecule has 0 aromatic carbocycles. The summed E-state index contributed by atoms with van der Waals surface area (Å²) in [5.41, 5.74) is -2.40. The molecule has 0 saturated heterocycles. The van der Waals surface area contributed by atoms with Crippen LogP contribution in [0.5, 0.6) is 0 Å². The summed E-state index contributed by atoms with van der Waals surface area (Å²) in [4.78, 5) is 12.1. The van der Waals surface area contributed by atoms with Gasteiger partial charge >= 0.3 is 5.97 Å². The lowest BCUT2D eigenvalue weighted by atomic mass is 9.72. The molecular weight excluding hydrogens is 359 g/mol. The van der Waals surface area contributed by atoms with E-state index < -0.39 is 16.8 Å². The Morgan fingerprint density at radius 2 is 1.95 bits per heavy atom. The van der Waals surface area contributed by atoms with Gasteiger partial charge in [0.25, 0.3) is 0 Å². The first kappa shape index (κ1) is 14.1. The molecule has 0 aliphatic heterocycles. The van der Waals surface area contributed by atoms with Gasteiger partial charge in [0.2, 0.25) is 0 Å². The van der Waals surface area contributed by atoms with E-state index in [1.54, 1.807) is 6.92 Å². The van der Waals surface area contributed by atoms with Crippen LogP contribution in [0.15, 0.2) is 0 Å². The summed E-state index contributed by atoms with van der Waals surface area (Å²) >= 11 is 2.09. The van der Waals surface area contributed by atoms with Crippen LogP contribution < -0.4 is 0 Å². The zero-order valence-electron chi connectivity index (χ0n) is 11.4. The van der Waals surface area contributed by atoms with E-state index in [1.165, 1.54) is 0 Å². The second kappa shape index (κ2) is 3.85. The molecular formula is C14H21IO4. The highest BCUT2D eigenvalue weighted by atomic mass is 127. The minimum atomic E-state index is -0.841. The molecule has 2 N–H and O–H groups in total. The summed E-state index contributed by atoms with van der Waals surface area (Å²) in [6.45, 7) is 3.75. The maximum absolute atomic E-state index is 12.1. The third-order valence-corrected chi connectivity index (χ3v) is 6.51. The Hall–Kier alpha value is 0.120. The zero-order chi connectivity index (χ0) is 14.1. The van der Waals surface area contributed by atoms with E-state index in [0.717, 1.165) is 12.8 Å². The standard InChI is InChI=1S/C14H21IO4/c1-3-9(15)10(16)19-13-5-11(2,17)4-12(6-13)7-14(12,18)8-13/h9,17-18H,3-8H2,1-2H3. The largest absolute Gasteiger partial charge is 0.458 e. The lowest BCUT2D eigenvalue weighted by Crippen LogP contribution is -2.48. The Morgan fingerprint density at radius 1 is 1.26 bits per heavy atom. The Balaban J connectivity index is 1.83. The summed E-state index contributed by atoms with van der Waals surface area (Å²) in [6.07, 6.45) is 3.76. The average Bonchev–Trinajstić information content (AvgIpc) is 2.68.